The maximum Gasteiger partial charge on any atom is 0.277 e. The molecule has 0 aromatic carbocycles. The van der Waals surface area contributed by atoms with E-state index in [0.29, 0.717) is 23.3 Å². The van der Waals surface area contributed by atoms with Crippen molar-refractivity contribution in [3.05, 3.63) is 27.3 Å². The second-order valence-corrected chi connectivity index (χ2v) is 3.56. The van der Waals surface area contributed by atoms with E-state index in [9.17, 15) is 4.79 Å². The molecule has 82 valence electrons. The Balaban J connectivity index is 2.81. The van der Waals surface area contributed by atoms with Crippen LogP contribution in [0.1, 0.15) is 30.3 Å². The molecule has 0 aliphatic heterocycles. The summed E-state index contributed by atoms with van der Waals surface area (Å²) in [6.07, 6.45) is 1.56. The van der Waals surface area contributed by atoms with Crippen LogP contribution in [0.5, 0.6) is 0 Å². The number of fused-ring (bicyclic) bond motifs is 1. The highest BCUT2D eigenvalue weighted by Gasteiger charge is 2.13. The van der Waals surface area contributed by atoms with E-state index in [1.807, 2.05) is 13.0 Å². The fourth-order valence-electron chi connectivity index (χ4n) is 1.68. The number of nitrogens with zero attached hydrogens (tertiary/aromatic N) is 4. The highest BCUT2D eigenvalue weighted by molar-refractivity contribution is 5.50. The van der Waals surface area contributed by atoms with E-state index in [1.54, 1.807) is 6.92 Å². The second-order valence-electron chi connectivity index (χ2n) is 3.56. The third-order valence-electron chi connectivity index (χ3n) is 2.46. The number of hydrogen-bond acceptors (Lipinski definition) is 4. The van der Waals surface area contributed by atoms with Gasteiger partial charge in [0.05, 0.1) is 0 Å². The van der Waals surface area contributed by atoms with Gasteiger partial charge in [-0.15, -0.1) is 5.10 Å². The van der Waals surface area contributed by atoms with Crippen molar-refractivity contribution in [2.45, 2.75) is 26.7 Å². The van der Waals surface area contributed by atoms with Crippen LogP contribution < -0.4 is 5.56 Å². The van der Waals surface area contributed by atoms with Crippen LogP contribution in [-0.4, -0.2) is 19.8 Å². The number of rotatable bonds is 2. The maximum atomic E-state index is 12.0. The molecular weight excluding hydrogens is 206 g/mol. The lowest BCUT2D eigenvalue weighted by Gasteiger charge is -2.02. The first-order chi connectivity index (χ1) is 7.69. The van der Waals surface area contributed by atoms with Gasteiger partial charge in [0.1, 0.15) is 6.07 Å². The zero-order chi connectivity index (χ0) is 11.7. The summed E-state index contributed by atoms with van der Waals surface area (Å²) < 4.78 is 1.22. The minimum atomic E-state index is -0.168. The summed E-state index contributed by atoms with van der Waals surface area (Å²) in [7, 11) is 0. The Hall–Kier alpha value is -2.16. The Bertz CT molecular complexity index is 631. The molecule has 2 aromatic rings. The highest BCUT2D eigenvalue weighted by Crippen LogP contribution is 2.07. The van der Waals surface area contributed by atoms with E-state index in [-0.39, 0.29) is 11.3 Å². The lowest BCUT2D eigenvalue weighted by molar-refractivity contribution is 0.780. The molecule has 0 saturated carbocycles. The molecule has 0 bridgehead atoms. The molecule has 0 saturated heterocycles. The Kier molecular flexibility index (Phi) is 2.44. The molecule has 0 aliphatic carbocycles. The number of aromatic nitrogens is 4. The summed E-state index contributed by atoms with van der Waals surface area (Å²) in [5.74, 6) is 0. The van der Waals surface area contributed by atoms with Crippen LogP contribution in [0.2, 0.25) is 0 Å². The van der Waals surface area contributed by atoms with Crippen LogP contribution in [0.3, 0.4) is 0 Å². The fourth-order valence-corrected chi connectivity index (χ4v) is 1.68. The SMILES string of the molecule is CCCc1c(C)nc2c(C#N)n[nH]n2c1=O. The molecule has 2 aromatic heterocycles. The van der Waals surface area contributed by atoms with Crippen LogP contribution in [0.15, 0.2) is 4.79 Å². The van der Waals surface area contributed by atoms with Crippen molar-refractivity contribution >= 4 is 5.65 Å². The second kappa shape index (κ2) is 3.77. The number of aromatic amines is 1. The lowest BCUT2D eigenvalue weighted by Crippen LogP contribution is -2.21. The number of nitriles is 1. The van der Waals surface area contributed by atoms with Gasteiger partial charge in [0.25, 0.3) is 5.56 Å². The number of hydrogen-bond donors (Lipinski definition) is 1. The molecule has 0 radical (unpaired) electrons. The molecule has 0 atom stereocenters. The van der Waals surface area contributed by atoms with Crippen molar-refractivity contribution in [1.82, 2.24) is 19.8 Å². The quantitative estimate of drug-likeness (QED) is 0.795. The van der Waals surface area contributed by atoms with E-state index < -0.39 is 0 Å². The van der Waals surface area contributed by atoms with Gasteiger partial charge >= 0.3 is 0 Å². The number of nitrogens with one attached hydrogen (secondary N) is 1. The minimum absolute atomic E-state index is 0.142. The van der Waals surface area contributed by atoms with E-state index in [2.05, 4.69) is 15.3 Å². The lowest BCUT2D eigenvalue weighted by atomic mass is 10.1. The maximum absolute atomic E-state index is 12.0. The van der Waals surface area contributed by atoms with E-state index in [0.717, 1.165) is 6.42 Å². The van der Waals surface area contributed by atoms with Crippen LogP contribution >= 0.6 is 0 Å². The van der Waals surface area contributed by atoms with Gasteiger partial charge in [-0.2, -0.15) is 9.78 Å². The summed E-state index contributed by atoms with van der Waals surface area (Å²) in [4.78, 5) is 16.2. The first-order valence-corrected chi connectivity index (χ1v) is 5.05. The molecule has 1 N–H and O–H groups in total. The summed E-state index contributed by atoms with van der Waals surface area (Å²) in [5, 5.41) is 15.0. The molecular formula is C10H11N5O. The molecule has 0 amide bonds. The van der Waals surface area contributed by atoms with Crippen molar-refractivity contribution in [1.29, 1.82) is 5.26 Å². The van der Waals surface area contributed by atoms with Crippen LogP contribution in [-0.2, 0) is 6.42 Å². The number of aryl methyl sites for hydroxylation is 1. The van der Waals surface area contributed by atoms with Crippen LogP contribution in [0, 0.1) is 18.3 Å². The molecule has 0 aliphatic rings. The Labute approximate surface area is 91.5 Å². The smallest absolute Gasteiger partial charge is 0.267 e. The normalized spacial score (nSPS) is 10.6. The minimum Gasteiger partial charge on any atom is -0.267 e. The predicted molar refractivity (Wildman–Crippen MR) is 57.1 cm³/mol. The van der Waals surface area contributed by atoms with Crippen molar-refractivity contribution in [3.8, 4) is 6.07 Å². The fraction of sp³-hybridized carbons (Fsp3) is 0.400. The molecule has 6 heteroatoms. The largest absolute Gasteiger partial charge is 0.277 e. The van der Waals surface area contributed by atoms with E-state index >= 15 is 0 Å². The molecule has 6 nitrogen and oxygen atoms in total. The van der Waals surface area contributed by atoms with Gasteiger partial charge in [-0.25, -0.2) is 10.2 Å². The Morgan fingerprint density at radius 2 is 2.31 bits per heavy atom. The first-order valence-electron chi connectivity index (χ1n) is 5.05. The van der Waals surface area contributed by atoms with Gasteiger partial charge in [-0.1, -0.05) is 13.3 Å². The third kappa shape index (κ3) is 1.37. The van der Waals surface area contributed by atoms with E-state index in [4.69, 9.17) is 5.26 Å². The zero-order valence-corrected chi connectivity index (χ0v) is 9.11. The number of H-pyrrole nitrogens is 1. The van der Waals surface area contributed by atoms with E-state index in [1.165, 1.54) is 4.52 Å². The van der Waals surface area contributed by atoms with Gasteiger partial charge in [0, 0.05) is 11.3 Å². The van der Waals surface area contributed by atoms with Crippen molar-refractivity contribution in [3.63, 3.8) is 0 Å². The van der Waals surface area contributed by atoms with Gasteiger partial charge in [-0.3, -0.25) is 4.79 Å². The van der Waals surface area contributed by atoms with Gasteiger partial charge in [0.2, 0.25) is 5.69 Å². The molecule has 0 spiro atoms. The van der Waals surface area contributed by atoms with Gasteiger partial charge < -0.3 is 0 Å². The highest BCUT2D eigenvalue weighted by atomic mass is 16.1. The average molecular weight is 217 g/mol. The molecule has 0 unspecified atom stereocenters. The van der Waals surface area contributed by atoms with Crippen molar-refractivity contribution in [2.75, 3.05) is 0 Å². The monoisotopic (exact) mass is 217 g/mol. The summed E-state index contributed by atoms with van der Waals surface area (Å²) in [6.45, 7) is 3.78. The predicted octanol–water partition coefficient (Wildman–Crippen LogP) is 0.550. The Morgan fingerprint density at radius 3 is 2.94 bits per heavy atom. The van der Waals surface area contributed by atoms with Crippen molar-refractivity contribution < 1.29 is 0 Å². The van der Waals surface area contributed by atoms with Crippen molar-refractivity contribution in [2.24, 2.45) is 0 Å². The molecule has 2 heterocycles. The topological polar surface area (TPSA) is 86.8 Å². The average Bonchev–Trinajstić information content (AvgIpc) is 2.67. The molecule has 16 heavy (non-hydrogen) atoms. The molecule has 2 rings (SSSR count). The summed E-state index contributed by atoms with van der Waals surface area (Å²) >= 11 is 0. The standard InChI is InChI=1S/C10H11N5O/c1-3-4-7-6(2)12-9-8(5-11)13-14-15(9)10(7)16/h14H,3-4H2,1-2H3. The van der Waals surface area contributed by atoms with Crippen LogP contribution in [0.25, 0.3) is 5.65 Å². The summed E-state index contributed by atoms with van der Waals surface area (Å²) in [5.41, 5.74) is 1.62. The third-order valence-corrected chi connectivity index (χ3v) is 2.46. The van der Waals surface area contributed by atoms with Gasteiger partial charge in [-0.05, 0) is 13.3 Å². The van der Waals surface area contributed by atoms with Gasteiger partial charge in [0.15, 0.2) is 5.65 Å². The zero-order valence-electron chi connectivity index (χ0n) is 9.11. The molecule has 0 fully saturated rings. The first kappa shape index (κ1) is 10.4. The van der Waals surface area contributed by atoms with Crippen LogP contribution in [0.4, 0.5) is 0 Å². The summed E-state index contributed by atoms with van der Waals surface area (Å²) in [6, 6.07) is 1.89. The Morgan fingerprint density at radius 1 is 1.56 bits per heavy atom.